The van der Waals surface area contributed by atoms with Crippen molar-refractivity contribution >= 4 is 11.6 Å². The van der Waals surface area contributed by atoms with Crippen molar-refractivity contribution in [3.05, 3.63) is 53.6 Å². The molecule has 1 amide bonds. The third-order valence-corrected chi connectivity index (χ3v) is 3.59. The number of carbonyl (C=O) groups is 1. The molecule has 2 aromatic carbocycles. The largest absolute Gasteiger partial charge is 0.504 e. The minimum atomic E-state index is -0.100. The van der Waals surface area contributed by atoms with Gasteiger partial charge >= 0.3 is 0 Å². The molecule has 0 unspecified atom stereocenters. The summed E-state index contributed by atoms with van der Waals surface area (Å²) in [4.78, 5) is 14.5. The molecule has 23 heavy (non-hydrogen) atoms. The summed E-state index contributed by atoms with van der Waals surface area (Å²) in [6.45, 7) is 3.07. The number of hydrogen-bond donors (Lipinski definition) is 2. The second kappa shape index (κ2) is 7.54. The number of hydrogen-bond acceptors (Lipinski definition) is 4. The van der Waals surface area contributed by atoms with Crippen LogP contribution in [0.1, 0.15) is 29.3 Å². The maximum atomic E-state index is 12.7. The number of para-hydroxylation sites is 1. The van der Waals surface area contributed by atoms with Gasteiger partial charge < -0.3 is 20.5 Å². The molecule has 0 bridgehead atoms. The van der Waals surface area contributed by atoms with E-state index >= 15 is 0 Å². The summed E-state index contributed by atoms with van der Waals surface area (Å²) in [5.74, 6) is 0.375. The summed E-state index contributed by atoms with van der Waals surface area (Å²) in [5.41, 5.74) is 7.78. The molecule has 0 aliphatic heterocycles. The number of methoxy groups -OCH3 is 1. The monoisotopic (exact) mass is 314 g/mol. The number of nitrogens with zero attached hydrogens (tertiary/aromatic N) is 1. The van der Waals surface area contributed by atoms with Crippen LogP contribution in [-0.2, 0) is 6.54 Å². The number of rotatable bonds is 6. The summed E-state index contributed by atoms with van der Waals surface area (Å²) in [7, 11) is 1.50. The highest BCUT2D eigenvalue weighted by molar-refractivity contribution is 5.99. The molecule has 0 atom stereocenters. The molecule has 0 saturated carbocycles. The fourth-order valence-corrected chi connectivity index (χ4v) is 2.43. The summed E-state index contributed by atoms with van der Waals surface area (Å²) >= 11 is 0. The minimum Gasteiger partial charge on any atom is -0.504 e. The van der Waals surface area contributed by atoms with E-state index in [1.54, 1.807) is 47.4 Å². The van der Waals surface area contributed by atoms with E-state index in [1.807, 2.05) is 6.92 Å². The van der Waals surface area contributed by atoms with E-state index in [1.165, 1.54) is 7.11 Å². The van der Waals surface area contributed by atoms with Crippen molar-refractivity contribution in [1.82, 2.24) is 4.90 Å². The summed E-state index contributed by atoms with van der Waals surface area (Å²) < 4.78 is 5.12. The predicted molar refractivity (Wildman–Crippen MR) is 90.5 cm³/mol. The van der Waals surface area contributed by atoms with E-state index in [9.17, 15) is 9.90 Å². The van der Waals surface area contributed by atoms with E-state index in [0.29, 0.717) is 30.1 Å². The topological polar surface area (TPSA) is 75.8 Å². The van der Waals surface area contributed by atoms with Crippen LogP contribution in [0, 0.1) is 0 Å². The van der Waals surface area contributed by atoms with Crippen molar-refractivity contribution in [3.8, 4) is 11.5 Å². The number of carbonyl (C=O) groups excluding carboxylic acids is 1. The van der Waals surface area contributed by atoms with Gasteiger partial charge in [-0.3, -0.25) is 4.79 Å². The third kappa shape index (κ3) is 3.94. The highest BCUT2D eigenvalue weighted by Crippen LogP contribution is 2.27. The molecule has 122 valence electrons. The Morgan fingerprint density at radius 3 is 2.65 bits per heavy atom. The summed E-state index contributed by atoms with van der Waals surface area (Å²) in [6.07, 6.45) is 0.841. The lowest BCUT2D eigenvalue weighted by Gasteiger charge is -2.23. The van der Waals surface area contributed by atoms with Gasteiger partial charge in [-0.15, -0.1) is 0 Å². The molecule has 0 saturated heterocycles. The van der Waals surface area contributed by atoms with Crippen molar-refractivity contribution < 1.29 is 14.6 Å². The number of ether oxygens (including phenoxy) is 1. The van der Waals surface area contributed by atoms with Gasteiger partial charge in [0, 0.05) is 18.8 Å². The Bertz CT molecular complexity index is 686. The molecule has 0 aliphatic carbocycles. The van der Waals surface area contributed by atoms with E-state index in [-0.39, 0.29) is 11.7 Å². The van der Waals surface area contributed by atoms with Gasteiger partial charge in [-0.25, -0.2) is 0 Å². The van der Waals surface area contributed by atoms with Gasteiger partial charge in [0.2, 0.25) is 0 Å². The van der Waals surface area contributed by atoms with Gasteiger partial charge in [0.1, 0.15) is 0 Å². The Morgan fingerprint density at radius 2 is 2.00 bits per heavy atom. The molecular formula is C18H22N2O3. The Balaban J connectivity index is 2.25. The molecule has 3 N–H and O–H groups in total. The maximum Gasteiger partial charge on any atom is 0.256 e. The van der Waals surface area contributed by atoms with Crippen LogP contribution < -0.4 is 10.5 Å². The minimum absolute atomic E-state index is 0.0805. The molecule has 5 nitrogen and oxygen atoms in total. The van der Waals surface area contributed by atoms with Crippen LogP contribution in [0.15, 0.2) is 42.5 Å². The average molecular weight is 314 g/mol. The fourth-order valence-electron chi connectivity index (χ4n) is 2.43. The fraction of sp³-hybridized carbons (Fsp3) is 0.278. The van der Waals surface area contributed by atoms with Gasteiger partial charge in [-0.2, -0.15) is 0 Å². The standard InChI is InChI=1S/C18H22N2O3/c1-3-10-20(18(22)14-6-4-5-7-15(14)19)12-13-8-9-16(21)17(11-13)23-2/h4-9,11,21H,3,10,12,19H2,1-2H3. The van der Waals surface area contributed by atoms with Crippen LogP contribution in [0.4, 0.5) is 5.69 Å². The van der Waals surface area contributed by atoms with Crippen LogP contribution in [0.3, 0.4) is 0 Å². The lowest BCUT2D eigenvalue weighted by atomic mass is 10.1. The number of anilines is 1. The first-order chi connectivity index (χ1) is 11.1. The summed E-state index contributed by atoms with van der Waals surface area (Å²) in [5, 5.41) is 9.67. The molecule has 0 aromatic heterocycles. The van der Waals surface area contributed by atoms with E-state index < -0.39 is 0 Å². The van der Waals surface area contributed by atoms with Crippen LogP contribution in [-0.4, -0.2) is 29.6 Å². The van der Waals surface area contributed by atoms with Gasteiger partial charge in [-0.1, -0.05) is 25.1 Å². The van der Waals surface area contributed by atoms with Gasteiger partial charge in [-0.05, 0) is 36.2 Å². The van der Waals surface area contributed by atoms with Crippen LogP contribution in [0.2, 0.25) is 0 Å². The van der Waals surface area contributed by atoms with E-state index in [4.69, 9.17) is 10.5 Å². The van der Waals surface area contributed by atoms with Crippen molar-refractivity contribution in [3.63, 3.8) is 0 Å². The molecule has 0 fully saturated rings. The Hall–Kier alpha value is -2.69. The van der Waals surface area contributed by atoms with Gasteiger partial charge in [0.05, 0.1) is 12.7 Å². The normalized spacial score (nSPS) is 10.3. The first-order valence-electron chi connectivity index (χ1n) is 7.56. The number of phenols is 1. The highest BCUT2D eigenvalue weighted by atomic mass is 16.5. The second-order valence-corrected chi connectivity index (χ2v) is 5.32. The zero-order valence-electron chi connectivity index (χ0n) is 13.5. The van der Waals surface area contributed by atoms with Gasteiger partial charge in [0.25, 0.3) is 5.91 Å². The van der Waals surface area contributed by atoms with Crippen LogP contribution >= 0.6 is 0 Å². The van der Waals surface area contributed by atoms with Crippen molar-refractivity contribution in [2.24, 2.45) is 0 Å². The molecule has 0 aliphatic rings. The number of phenolic OH excluding ortho intramolecular Hbond substituents is 1. The number of aromatic hydroxyl groups is 1. The Morgan fingerprint density at radius 1 is 1.26 bits per heavy atom. The average Bonchev–Trinajstić information content (AvgIpc) is 2.56. The molecule has 2 aromatic rings. The smallest absolute Gasteiger partial charge is 0.256 e. The number of nitrogen functional groups attached to an aromatic ring is 1. The van der Waals surface area contributed by atoms with Crippen molar-refractivity contribution in [2.75, 3.05) is 19.4 Å². The lowest BCUT2D eigenvalue weighted by molar-refractivity contribution is 0.0744. The van der Waals surface area contributed by atoms with E-state index in [0.717, 1.165) is 12.0 Å². The SMILES string of the molecule is CCCN(Cc1ccc(O)c(OC)c1)C(=O)c1ccccc1N. The van der Waals surface area contributed by atoms with Gasteiger partial charge in [0.15, 0.2) is 11.5 Å². The van der Waals surface area contributed by atoms with Crippen LogP contribution in [0.5, 0.6) is 11.5 Å². The molecular weight excluding hydrogens is 292 g/mol. The van der Waals surface area contributed by atoms with Crippen molar-refractivity contribution in [1.29, 1.82) is 0 Å². The zero-order valence-corrected chi connectivity index (χ0v) is 13.5. The van der Waals surface area contributed by atoms with Crippen LogP contribution in [0.25, 0.3) is 0 Å². The second-order valence-electron chi connectivity index (χ2n) is 5.32. The lowest BCUT2D eigenvalue weighted by Crippen LogP contribution is -2.31. The number of benzene rings is 2. The number of nitrogens with two attached hydrogens (primary N) is 1. The Labute approximate surface area is 136 Å². The number of amides is 1. The maximum absolute atomic E-state index is 12.7. The molecule has 2 rings (SSSR count). The molecule has 5 heteroatoms. The van der Waals surface area contributed by atoms with Crippen molar-refractivity contribution in [2.45, 2.75) is 19.9 Å². The summed E-state index contributed by atoms with van der Waals surface area (Å²) in [6, 6.07) is 12.2. The molecule has 0 radical (unpaired) electrons. The zero-order chi connectivity index (χ0) is 16.8. The third-order valence-electron chi connectivity index (χ3n) is 3.59. The quantitative estimate of drug-likeness (QED) is 0.804. The predicted octanol–water partition coefficient (Wildman–Crippen LogP) is 3.04. The Kier molecular flexibility index (Phi) is 5.46. The highest BCUT2D eigenvalue weighted by Gasteiger charge is 2.18. The first-order valence-corrected chi connectivity index (χ1v) is 7.56. The molecule has 0 heterocycles. The first kappa shape index (κ1) is 16.7. The molecule has 0 spiro atoms. The van der Waals surface area contributed by atoms with E-state index in [2.05, 4.69) is 0 Å².